The molecule has 3 heteroatoms. The van der Waals surface area contributed by atoms with Gasteiger partial charge in [0.05, 0.1) is 5.60 Å². The molecule has 1 saturated heterocycles. The summed E-state index contributed by atoms with van der Waals surface area (Å²) in [6.07, 6.45) is 0. The smallest absolute Gasteiger partial charge is 0.123 e. The molecule has 1 heterocycles. The average Bonchev–Trinajstić information content (AvgIpc) is 2.74. The highest BCUT2D eigenvalue weighted by Gasteiger charge is 2.54. The van der Waals surface area contributed by atoms with Gasteiger partial charge in [0, 0.05) is 23.9 Å². The van der Waals surface area contributed by atoms with Crippen molar-refractivity contribution in [2.45, 2.75) is 31.5 Å². The standard InChI is InChI=1S/C26H28FNO/c1-18-24(20-10-6-4-7-11-20)28(3)25(21-12-8-5-9-13-21)19(2)26(18,29)22-14-16-23(27)17-15-22/h4-19,24-25,29H,1-3H3/t18-,19-,24-,25-/m0/s1. The quantitative estimate of drug-likeness (QED) is 0.620. The molecule has 0 spiro atoms. The molecule has 0 saturated carbocycles. The molecule has 1 aliphatic rings. The Morgan fingerprint density at radius 2 is 1.14 bits per heavy atom. The van der Waals surface area contributed by atoms with Gasteiger partial charge >= 0.3 is 0 Å². The van der Waals surface area contributed by atoms with Gasteiger partial charge in [0.25, 0.3) is 0 Å². The molecule has 3 aromatic rings. The molecule has 29 heavy (non-hydrogen) atoms. The number of benzene rings is 3. The lowest BCUT2D eigenvalue weighted by molar-refractivity contribution is -0.161. The monoisotopic (exact) mass is 389 g/mol. The molecule has 2 nitrogen and oxygen atoms in total. The number of nitrogens with zero attached hydrogens (tertiary/aromatic N) is 1. The summed E-state index contributed by atoms with van der Waals surface area (Å²) >= 11 is 0. The number of hydrogen-bond acceptors (Lipinski definition) is 2. The summed E-state index contributed by atoms with van der Waals surface area (Å²) < 4.78 is 13.6. The number of hydrogen-bond donors (Lipinski definition) is 1. The van der Waals surface area contributed by atoms with Crippen molar-refractivity contribution in [2.75, 3.05) is 7.05 Å². The zero-order valence-corrected chi connectivity index (χ0v) is 17.2. The van der Waals surface area contributed by atoms with Crippen molar-refractivity contribution in [1.82, 2.24) is 4.90 Å². The first-order valence-electron chi connectivity index (χ1n) is 10.2. The highest BCUT2D eigenvalue weighted by atomic mass is 19.1. The molecule has 0 aromatic heterocycles. The second-order valence-corrected chi connectivity index (χ2v) is 8.29. The van der Waals surface area contributed by atoms with E-state index in [1.807, 2.05) is 36.4 Å². The third-order valence-corrected chi connectivity index (χ3v) is 6.80. The Labute approximate surface area is 172 Å². The van der Waals surface area contributed by atoms with Crippen LogP contribution in [0.4, 0.5) is 4.39 Å². The summed E-state index contributed by atoms with van der Waals surface area (Å²) in [6.45, 7) is 4.21. The summed E-state index contributed by atoms with van der Waals surface area (Å²) in [7, 11) is 2.15. The van der Waals surface area contributed by atoms with E-state index in [1.54, 1.807) is 12.1 Å². The van der Waals surface area contributed by atoms with Crippen molar-refractivity contribution in [2.24, 2.45) is 11.8 Å². The van der Waals surface area contributed by atoms with Crippen LogP contribution in [-0.2, 0) is 5.60 Å². The van der Waals surface area contributed by atoms with Crippen LogP contribution in [-0.4, -0.2) is 17.1 Å². The SMILES string of the molecule is C[C@H]1[C@@H](c2ccccc2)N(C)[C@H](c2ccccc2)[C@H](C)C1(O)c1ccc(F)cc1. The van der Waals surface area contributed by atoms with Gasteiger partial charge in [-0.3, -0.25) is 4.90 Å². The van der Waals surface area contributed by atoms with Crippen molar-refractivity contribution in [3.05, 3.63) is 107 Å². The minimum absolute atomic E-state index is 0.0210. The summed E-state index contributed by atoms with van der Waals surface area (Å²) in [4.78, 5) is 2.39. The van der Waals surface area contributed by atoms with Crippen LogP contribution in [0.25, 0.3) is 0 Å². The topological polar surface area (TPSA) is 23.5 Å². The lowest BCUT2D eigenvalue weighted by Gasteiger charge is -2.56. The molecular formula is C26H28FNO. The molecule has 4 atom stereocenters. The maximum atomic E-state index is 13.6. The summed E-state index contributed by atoms with van der Waals surface area (Å²) in [6, 6.07) is 27.1. The highest BCUT2D eigenvalue weighted by Crippen LogP contribution is 2.55. The average molecular weight is 390 g/mol. The third-order valence-electron chi connectivity index (χ3n) is 6.80. The van der Waals surface area contributed by atoms with Crippen LogP contribution in [0.5, 0.6) is 0 Å². The van der Waals surface area contributed by atoms with Gasteiger partial charge in [-0.1, -0.05) is 86.6 Å². The van der Waals surface area contributed by atoms with Gasteiger partial charge in [-0.15, -0.1) is 0 Å². The van der Waals surface area contributed by atoms with Gasteiger partial charge in [-0.2, -0.15) is 0 Å². The predicted octanol–water partition coefficient (Wildman–Crippen LogP) is 5.71. The molecular weight excluding hydrogens is 361 g/mol. The Kier molecular flexibility index (Phi) is 5.28. The summed E-state index contributed by atoms with van der Waals surface area (Å²) in [5.41, 5.74) is 2.03. The van der Waals surface area contributed by atoms with E-state index in [0.717, 1.165) is 5.56 Å². The van der Waals surface area contributed by atoms with E-state index in [-0.39, 0.29) is 29.7 Å². The maximum Gasteiger partial charge on any atom is 0.123 e. The molecule has 1 fully saturated rings. The normalized spacial score (nSPS) is 30.2. The fraction of sp³-hybridized carbons (Fsp3) is 0.308. The zero-order valence-electron chi connectivity index (χ0n) is 17.2. The second kappa shape index (κ2) is 7.74. The van der Waals surface area contributed by atoms with Crippen molar-refractivity contribution in [1.29, 1.82) is 0 Å². The van der Waals surface area contributed by atoms with Gasteiger partial charge in [-0.25, -0.2) is 4.39 Å². The van der Waals surface area contributed by atoms with Crippen LogP contribution in [0, 0.1) is 17.7 Å². The van der Waals surface area contributed by atoms with E-state index >= 15 is 0 Å². The van der Waals surface area contributed by atoms with E-state index in [4.69, 9.17) is 0 Å². The molecule has 150 valence electrons. The van der Waals surface area contributed by atoms with Crippen LogP contribution in [0.1, 0.15) is 42.6 Å². The van der Waals surface area contributed by atoms with E-state index < -0.39 is 5.60 Å². The van der Waals surface area contributed by atoms with Gasteiger partial charge in [-0.05, 0) is 35.9 Å². The highest BCUT2D eigenvalue weighted by molar-refractivity contribution is 5.33. The minimum atomic E-state index is -1.10. The molecule has 1 N–H and O–H groups in total. The van der Waals surface area contributed by atoms with Crippen LogP contribution in [0.3, 0.4) is 0 Å². The van der Waals surface area contributed by atoms with Crippen molar-refractivity contribution in [3.8, 4) is 0 Å². The largest absolute Gasteiger partial charge is 0.384 e. The predicted molar refractivity (Wildman–Crippen MR) is 115 cm³/mol. The van der Waals surface area contributed by atoms with Crippen LogP contribution in [0.15, 0.2) is 84.9 Å². The number of aliphatic hydroxyl groups is 1. The first kappa shape index (κ1) is 19.8. The number of rotatable bonds is 3. The third kappa shape index (κ3) is 3.29. The fourth-order valence-electron chi connectivity index (χ4n) is 5.37. The zero-order chi connectivity index (χ0) is 20.6. The Morgan fingerprint density at radius 3 is 1.55 bits per heavy atom. The summed E-state index contributed by atoms with van der Waals surface area (Å²) in [5.74, 6) is -0.463. The Balaban J connectivity index is 1.89. The molecule has 4 rings (SSSR count). The fourth-order valence-corrected chi connectivity index (χ4v) is 5.37. The van der Waals surface area contributed by atoms with Gasteiger partial charge in [0.2, 0.25) is 0 Å². The van der Waals surface area contributed by atoms with Crippen molar-refractivity contribution >= 4 is 0 Å². The Hall–Kier alpha value is -2.49. The second-order valence-electron chi connectivity index (χ2n) is 8.29. The lowest BCUT2D eigenvalue weighted by Crippen LogP contribution is -2.56. The van der Waals surface area contributed by atoms with E-state index in [1.165, 1.54) is 23.3 Å². The molecule has 0 bridgehead atoms. The van der Waals surface area contributed by atoms with E-state index in [2.05, 4.69) is 50.1 Å². The molecule has 0 radical (unpaired) electrons. The summed E-state index contributed by atoms with van der Waals surface area (Å²) in [5, 5.41) is 12.2. The van der Waals surface area contributed by atoms with Crippen molar-refractivity contribution in [3.63, 3.8) is 0 Å². The van der Waals surface area contributed by atoms with Gasteiger partial charge in [0.15, 0.2) is 0 Å². The van der Waals surface area contributed by atoms with Crippen LogP contribution in [0.2, 0.25) is 0 Å². The number of likely N-dealkylation sites (tertiary alicyclic amines) is 1. The first-order valence-corrected chi connectivity index (χ1v) is 10.2. The van der Waals surface area contributed by atoms with Crippen molar-refractivity contribution < 1.29 is 9.50 Å². The Bertz CT molecular complexity index is 888. The molecule has 1 aliphatic heterocycles. The molecule has 0 aliphatic carbocycles. The van der Waals surface area contributed by atoms with Gasteiger partial charge in [0.1, 0.15) is 5.82 Å². The van der Waals surface area contributed by atoms with E-state index in [0.29, 0.717) is 0 Å². The molecule has 3 aromatic carbocycles. The number of halogens is 1. The maximum absolute atomic E-state index is 13.6. The van der Waals surface area contributed by atoms with E-state index in [9.17, 15) is 9.50 Å². The molecule has 0 amide bonds. The number of piperidine rings is 1. The first-order chi connectivity index (χ1) is 13.9. The lowest BCUT2D eigenvalue weighted by atomic mass is 9.62. The van der Waals surface area contributed by atoms with Crippen LogP contribution < -0.4 is 0 Å². The Morgan fingerprint density at radius 1 is 0.724 bits per heavy atom. The van der Waals surface area contributed by atoms with Crippen LogP contribution >= 0.6 is 0 Å². The molecule has 0 unspecified atom stereocenters. The minimum Gasteiger partial charge on any atom is -0.384 e. The van der Waals surface area contributed by atoms with Gasteiger partial charge < -0.3 is 5.11 Å².